The van der Waals surface area contributed by atoms with Gasteiger partial charge in [-0.15, -0.1) is 24.0 Å². The lowest BCUT2D eigenvalue weighted by atomic mass is 9.79. The number of benzene rings is 1. The van der Waals surface area contributed by atoms with E-state index in [1.807, 2.05) is 0 Å². The highest BCUT2D eigenvalue weighted by Crippen LogP contribution is 2.41. The van der Waals surface area contributed by atoms with Crippen LogP contribution in [-0.2, 0) is 5.41 Å². The number of rotatable bonds is 7. The molecule has 0 bridgehead atoms. The number of nitrogens with one attached hydrogen (secondary N) is 2. The molecule has 0 aromatic heterocycles. The first-order valence-corrected chi connectivity index (χ1v) is 11.1. The van der Waals surface area contributed by atoms with Crippen molar-refractivity contribution in [3.63, 3.8) is 0 Å². The van der Waals surface area contributed by atoms with E-state index in [4.69, 9.17) is 4.99 Å². The zero-order chi connectivity index (χ0) is 19.8. The summed E-state index contributed by atoms with van der Waals surface area (Å²) in [4.78, 5) is 10.0. The fourth-order valence-corrected chi connectivity index (χ4v) is 4.59. The zero-order valence-electron chi connectivity index (χ0n) is 18.5. The second-order valence-corrected chi connectivity index (χ2v) is 8.62. The summed E-state index contributed by atoms with van der Waals surface area (Å²) in [5, 5.41) is 7.06. The van der Waals surface area contributed by atoms with E-state index in [1.165, 1.54) is 31.2 Å². The Balaban J connectivity index is 0.00000300. The van der Waals surface area contributed by atoms with Crippen molar-refractivity contribution in [1.29, 1.82) is 0 Å². The zero-order valence-corrected chi connectivity index (χ0v) is 20.8. The number of halogens is 1. The molecule has 0 radical (unpaired) electrons. The molecule has 0 spiro atoms. The first kappa shape index (κ1) is 24.4. The quantitative estimate of drug-likeness (QED) is 0.334. The average Bonchev–Trinajstić information content (AvgIpc) is 3.21. The van der Waals surface area contributed by atoms with Crippen molar-refractivity contribution in [1.82, 2.24) is 20.4 Å². The highest BCUT2D eigenvalue weighted by Gasteiger charge is 2.35. The van der Waals surface area contributed by atoms with Crippen molar-refractivity contribution in [2.75, 3.05) is 52.9 Å². The van der Waals surface area contributed by atoms with Gasteiger partial charge >= 0.3 is 0 Å². The van der Waals surface area contributed by atoms with Crippen LogP contribution < -0.4 is 10.6 Å². The molecular formula is C23H40IN5. The van der Waals surface area contributed by atoms with Gasteiger partial charge in [0.1, 0.15) is 0 Å². The summed E-state index contributed by atoms with van der Waals surface area (Å²) in [6.45, 7) is 11.8. The molecule has 1 saturated heterocycles. The number of piperazine rings is 1. The Hall–Kier alpha value is -0.860. The van der Waals surface area contributed by atoms with Crippen LogP contribution in [0.2, 0.25) is 0 Å². The van der Waals surface area contributed by atoms with E-state index in [0.717, 1.165) is 51.8 Å². The third-order valence-corrected chi connectivity index (χ3v) is 6.56. The van der Waals surface area contributed by atoms with Gasteiger partial charge in [0.15, 0.2) is 5.96 Å². The van der Waals surface area contributed by atoms with Gasteiger partial charge in [0.05, 0.1) is 6.54 Å². The maximum Gasteiger partial charge on any atom is 0.191 e. The molecule has 164 valence electrons. The van der Waals surface area contributed by atoms with Gasteiger partial charge in [-0.2, -0.15) is 0 Å². The van der Waals surface area contributed by atoms with Crippen LogP contribution in [0.25, 0.3) is 0 Å². The van der Waals surface area contributed by atoms with Crippen LogP contribution in [-0.4, -0.2) is 74.7 Å². The second kappa shape index (κ2) is 12.1. The van der Waals surface area contributed by atoms with Crippen molar-refractivity contribution >= 4 is 29.9 Å². The molecular weight excluding hydrogens is 473 g/mol. The largest absolute Gasteiger partial charge is 0.357 e. The first-order chi connectivity index (χ1) is 13.6. The Bertz CT molecular complexity index is 607. The monoisotopic (exact) mass is 513 g/mol. The van der Waals surface area contributed by atoms with Crippen LogP contribution in [0, 0.1) is 0 Å². The lowest BCUT2D eigenvalue weighted by molar-refractivity contribution is 0.120. The molecule has 5 nitrogen and oxygen atoms in total. The highest BCUT2D eigenvalue weighted by atomic mass is 127. The minimum absolute atomic E-state index is 0. The Morgan fingerprint density at radius 1 is 1.07 bits per heavy atom. The first-order valence-electron chi connectivity index (χ1n) is 11.1. The Kier molecular flexibility index (Phi) is 10.2. The van der Waals surface area contributed by atoms with E-state index < -0.39 is 0 Å². The van der Waals surface area contributed by atoms with Crippen LogP contribution in [0.3, 0.4) is 0 Å². The van der Waals surface area contributed by atoms with Gasteiger partial charge in [0.25, 0.3) is 0 Å². The summed E-state index contributed by atoms with van der Waals surface area (Å²) >= 11 is 0. The number of nitrogens with zero attached hydrogens (tertiary/aromatic N) is 3. The van der Waals surface area contributed by atoms with Gasteiger partial charge < -0.3 is 15.5 Å². The highest BCUT2D eigenvalue weighted by molar-refractivity contribution is 14.0. The summed E-state index contributed by atoms with van der Waals surface area (Å²) in [6, 6.07) is 11.5. The summed E-state index contributed by atoms with van der Waals surface area (Å²) < 4.78 is 0. The van der Waals surface area contributed by atoms with Crippen molar-refractivity contribution in [2.45, 2.75) is 51.0 Å². The molecule has 1 aromatic rings. The second-order valence-electron chi connectivity index (χ2n) is 8.62. The maximum atomic E-state index is 5.04. The van der Waals surface area contributed by atoms with Crippen molar-refractivity contribution < 1.29 is 0 Å². The molecule has 3 rings (SSSR count). The molecule has 6 heteroatoms. The fourth-order valence-electron chi connectivity index (χ4n) is 4.59. The molecule has 0 amide bonds. The topological polar surface area (TPSA) is 42.9 Å². The van der Waals surface area contributed by atoms with E-state index in [9.17, 15) is 0 Å². The molecule has 1 aromatic carbocycles. The number of guanidine groups is 1. The van der Waals surface area contributed by atoms with E-state index in [-0.39, 0.29) is 29.4 Å². The smallest absolute Gasteiger partial charge is 0.191 e. The molecule has 1 unspecified atom stereocenters. The van der Waals surface area contributed by atoms with Gasteiger partial charge in [-0.25, -0.2) is 0 Å². The lowest BCUT2D eigenvalue weighted by Crippen LogP contribution is -2.52. The molecule has 29 heavy (non-hydrogen) atoms. The fraction of sp³-hybridized carbons (Fsp3) is 0.696. The third kappa shape index (κ3) is 6.82. The van der Waals surface area contributed by atoms with E-state index in [1.54, 1.807) is 0 Å². The number of aliphatic imine (C=N–C) groups is 1. The molecule has 1 heterocycles. The van der Waals surface area contributed by atoms with E-state index in [0.29, 0.717) is 6.04 Å². The van der Waals surface area contributed by atoms with Gasteiger partial charge in [0, 0.05) is 50.7 Å². The van der Waals surface area contributed by atoms with Gasteiger partial charge in [-0.3, -0.25) is 9.89 Å². The Labute approximate surface area is 194 Å². The molecule has 2 fully saturated rings. The summed E-state index contributed by atoms with van der Waals surface area (Å²) in [7, 11) is 2.21. The van der Waals surface area contributed by atoms with Crippen LogP contribution in [0.15, 0.2) is 35.3 Å². The van der Waals surface area contributed by atoms with Gasteiger partial charge in [-0.05, 0) is 39.3 Å². The predicted octanol–water partition coefficient (Wildman–Crippen LogP) is 3.31. The number of hydrogen-bond donors (Lipinski definition) is 2. The van der Waals surface area contributed by atoms with Crippen molar-refractivity contribution in [3.05, 3.63) is 35.9 Å². The van der Waals surface area contributed by atoms with Crippen LogP contribution in [0.5, 0.6) is 0 Å². The Morgan fingerprint density at radius 2 is 1.72 bits per heavy atom. The minimum atomic E-state index is 0. The van der Waals surface area contributed by atoms with Crippen LogP contribution in [0.1, 0.15) is 45.1 Å². The summed E-state index contributed by atoms with van der Waals surface area (Å²) in [6.07, 6.45) is 5.12. The molecule has 1 saturated carbocycles. The molecule has 1 aliphatic carbocycles. The molecule has 2 N–H and O–H groups in total. The lowest BCUT2D eigenvalue weighted by Gasteiger charge is -2.36. The average molecular weight is 514 g/mol. The standard InChI is InChI=1S/C23H39N5.HI/c1-4-24-22(25-18-20(2)28-16-14-27(3)15-17-28)26-19-23(12-8-9-13-23)21-10-6-5-7-11-21;/h5-7,10-11,20H,4,8-9,12-19H2,1-3H3,(H2,24,25,26);1H. The molecule has 2 aliphatic rings. The van der Waals surface area contributed by atoms with Gasteiger partial charge in [-0.1, -0.05) is 43.2 Å². The molecule has 1 atom stereocenters. The van der Waals surface area contributed by atoms with E-state index in [2.05, 4.69) is 71.7 Å². The number of hydrogen-bond acceptors (Lipinski definition) is 3. The van der Waals surface area contributed by atoms with Gasteiger partial charge in [0.2, 0.25) is 0 Å². The summed E-state index contributed by atoms with van der Waals surface area (Å²) in [5.41, 5.74) is 1.67. The normalized spacial score (nSPS) is 21.4. The van der Waals surface area contributed by atoms with E-state index >= 15 is 0 Å². The maximum absolute atomic E-state index is 5.04. The third-order valence-electron chi connectivity index (χ3n) is 6.56. The summed E-state index contributed by atoms with van der Waals surface area (Å²) in [5.74, 6) is 0.964. The molecule has 1 aliphatic heterocycles. The SMILES string of the molecule is CCNC(=NCC1(c2ccccc2)CCCC1)NCC(C)N1CCN(C)CC1.I. The van der Waals surface area contributed by atoms with Crippen LogP contribution in [0.4, 0.5) is 0 Å². The van der Waals surface area contributed by atoms with Crippen LogP contribution >= 0.6 is 24.0 Å². The van der Waals surface area contributed by atoms with Crippen molar-refractivity contribution in [3.8, 4) is 0 Å². The Morgan fingerprint density at radius 3 is 2.34 bits per heavy atom. The predicted molar refractivity (Wildman–Crippen MR) is 135 cm³/mol. The number of likely N-dealkylation sites (N-methyl/N-ethyl adjacent to an activating group) is 1. The minimum Gasteiger partial charge on any atom is -0.357 e. The van der Waals surface area contributed by atoms with Crippen molar-refractivity contribution in [2.24, 2.45) is 4.99 Å².